The van der Waals surface area contributed by atoms with Gasteiger partial charge in [0.2, 0.25) is 0 Å². The third-order valence-electron chi connectivity index (χ3n) is 5.18. The van der Waals surface area contributed by atoms with Gasteiger partial charge < -0.3 is 16.0 Å². The molecular weight excluding hydrogens is 408 g/mol. The summed E-state index contributed by atoms with van der Waals surface area (Å²) >= 11 is 0. The molecule has 0 fully saturated rings. The number of urea groups is 1. The molecule has 3 aromatic carbocycles. The summed E-state index contributed by atoms with van der Waals surface area (Å²) in [5.41, 5.74) is 3.71. The van der Waals surface area contributed by atoms with Gasteiger partial charge in [0.15, 0.2) is 0 Å². The van der Waals surface area contributed by atoms with E-state index in [2.05, 4.69) is 16.0 Å². The molecule has 0 aromatic heterocycles. The highest BCUT2D eigenvalue weighted by atomic mass is 16.6. The van der Waals surface area contributed by atoms with E-state index < -0.39 is 22.9 Å². The maximum absolute atomic E-state index is 13.1. The summed E-state index contributed by atoms with van der Waals surface area (Å²) in [4.78, 5) is 35.7. The van der Waals surface area contributed by atoms with Crippen LogP contribution in [-0.4, -0.2) is 16.9 Å². The van der Waals surface area contributed by atoms with Crippen molar-refractivity contribution in [2.75, 3.05) is 5.32 Å². The second-order valence-electron chi connectivity index (χ2n) is 7.32. The van der Waals surface area contributed by atoms with Gasteiger partial charge in [-0.15, -0.1) is 0 Å². The Morgan fingerprint density at radius 2 is 1.66 bits per heavy atom. The first kappa shape index (κ1) is 20.8. The second-order valence-corrected chi connectivity index (χ2v) is 7.32. The lowest BCUT2D eigenvalue weighted by Gasteiger charge is -2.28. The second kappa shape index (κ2) is 8.73. The summed E-state index contributed by atoms with van der Waals surface area (Å²) in [6, 6.07) is 22.1. The van der Waals surface area contributed by atoms with Crippen LogP contribution in [0.3, 0.4) is 0 Å². The molecule has 8 heteroatoms. The van der Waals surface area contributed by atoms with Crippen molar-refractivity contribution < 1.29 is 14.5 Å². The zero-order chi connectivity index (χ0) is 22.7. The Hall–Kier alpha value is -4.46. The smallest absolute Gasteiger partial charge is 0.319 e. The van der Waals surface area contributed by atoms with E-state index in [9.17, 15) is 19.7 Å². The van der Waals surface area contributed by atoms with Crippen molar-refractivity contribution in [1.82, 2.24) is 10.6 Å². The van der Waals surface area contributed by atoms with Crippen molar-refractivity contribution in [2.45, 2.75) is 13.0 Å². The van der Waals surface area contributed by atoms with Gasteiger partial charge in [0.05, 0.1) is 16.5 Å². The first-order valence-corrected chi connectivity index (χ1v) is 9.92. The lowest BCUT2D eigenvalue weighted by Crippen LogP contribution is -2.45. The molecule has 160 valence electrons. The predicted octanol–water partition coefficient (Wildman–Crippen LogP) is 4.53. The van der Waals surface area contributed by atoms with Crippen molar-refractivity contribution in [1.29, 1.82) is 0 Å². The number of amides is 3. The van der Waals surface area contributed by atoms with Crippen molar-refractivity contribution >= 4 is 23.3 Å². The molecule has 1 aliphatic heterocycles. The van der Waals surface area contributed by atoms with Crippen molar-refractivity contribution in [3.8, 4) is 11.1 Å². The highest BCUT2D eigenvalue weighted by molar-refractivity contribution is 6.06. The van der Waals surface area contributed by atoms with Gasteiger partial charge in [-0.05, 0) is 29.7 Å². The van der Waals surface area contributed by atoms with Crippen LogP contribution in [0.5, 0.6) is 0 Å². The van der Waals surface area contributed by atoms with Crippen LogP contribution in [0, 0.1) is 10.1 Å². The maximum Gasteiger partial charge on any atom is 0.319 e. The average Bonchev–Trinajstić information content (AvgIpc) is 2.79. The first-order valence-electron chi connectivity index (χ1n) is 9.92. The Morgan fingerprint density at radius 3 is 2.34 bits per heavy atom. The number of benzene rings is 3. The molecular formula is C24H20N4O4. The van der Waals surface area contributed by atoms with Gasteiger partial charge in [-0.1, -0.05) is 60.7 Å². The van der Waals surface area contributed by atoms with Crippen molar-refractivity contribution in [3.05, 3.63) is 106 Å². The summed E-state index contributed by atoms with van der Waals surface area (Å²) in [5, 5.41) is 19.1. The number of non-ortho nitro benzene ring substituents is 1. The van der Waals surface area contributed by atoms with Crippen LogP contribution in [0.25, 0.3) is 11.1 Å². The van der Waals surface area contributed by atoms with Gasteiger partial charge >= 0.3 is 6.03 Å². The Kier molecular flexibility index (Phi) is 5.67. The standard InChI is InChI=1S/C24H20N4O4/c1-15-21(23(29)26-19-8-5-9-20(14-19)28(31)32)22(27-24(30)25-15)18-12-10-17(11-13-18)16-6-3-2-4-7-16/h2-14,22H,1H3,(H,26,29)(H2,25,27,30). The molecule has 0 aliphatic carbocycles. The zero-order valence-electron chi connectivity index (χ0n) is 17.2. The van der Waals surface area contributed by atoms with Gasteiger partial charge in [-0.3, -0.25) is 14.9 Å². The number of anilines is 1. The molecule has 1 atom stereocenters. The molecule has 1 aliphatic rings. The van der Waals surface area contributed by atoms with Gasteiger partial charge in [-0.25, -0.2) is 4.79 Å². The number of hydrogen-bond acceptors (Lipinski definition) is 4. The fourth-order valence-electron chi connectivity index (χ4n) is 3.64. The van der Waals surface area contributed by atoms with E-state index in [0.717, 1.165) is 16.7 Å². The molecule has 4 rings (SSSR count). The van der Waals surface area contributed by atoms with Crippen LogP contribution in [0.2, 0.25) is 0 Å². The summed E-state index contributed by atoms with van der Waals surface area (Å²) in [5.74, 6) is -0.465. The summed E-state index contributed by atoms with van der Waals surface area (Å²) in [7, 11) is 0. The zero-order valence-corrected chi connectivity index (χ0v) is 17.2. The van der Waals surface area contributed by atoms with Crippen LogP contribution in [0.15, 0.2) is 90.1 Å². The van der Waals surface area contributed by atoms with E-state index in [4.69, 9.17) is 0 Å². The molecule has 8 nitrogen and oxygen atoms in total. The minimum absolute atomic E-state index is 0.128. The topological polar surface area (TPSA) is 113 Å². The molecule has 0 saturated heterocycles. The lowest BCUT2D eigenvalue weighted by molar-refractivity contribution is -0.384. The lowest BCUT2D eigenvalue weighted by atomic mass is 9.93. The molecule has 32 heavy (non-hydrogen) atoms. The summed E-state index contributed by atoms with van der Waals surface area (Å²) in [6.45, 7) is 1.65. The molecule has 3 amide bonds. The van der Waals surface area contributed by atoms with Crippen LogP contribution in [-0.2, 0) is 4.79 Å². The van der Waals surface area contributed by atoms with Gasteiger partial charge in [0.25, 0.3) is 11.6 Å². The highest BCUT2D eigenvalue weighted by Crippen LogP contribution is 2.30. The third-order valence-corrected chi connectivity index (χ3v) is 5.18. The number of allylic oxidation sites excluding steroid dienone is 1. The number of nitro groups is 1. The first-order chi connectivity index (χ1) is 15.4. The molecule has 0 bridgehead atoms. The minimum Gasteiger partial charge on any atom is -0.327 e. The fourth-order valence-corrected chi connectivity index (χ4v) is 3.64. The van der Waals surface area contributed by atoms with Gasteiger partial charge in [0, 0.05) is 23.5 Å². The SMILES string of the molecule is CC1=C(C(=O)Nc2cccc([N+](=O)[O-])c2)C(c2ccc(-c3ccccc3)cc2)NC(=O)N1. The Morgan fingerprint density at radius 1 is 0.969 bits per heavy atom. The Balaban J connectivity index is 1.63. The number of hydrogen-bond donors (Lipinski definition) is 3. The largest absolute Gasteiger partial charge is 0.327 e. The maximum atomic E-state index is 13.1. The van der Waals surface area contributed by atoms with Crippen LogP contribution >= 0.6 is 0 Å². The summed E-state index contributed by atoms with van der Waals surface area (Å²) in [6.07, 6.45) is 0. The molecule has 0 spiro atoms. The average molecular weight is 428 g/mol. The van der Waals surface area contributed by atoms with Gasteiger partial charge in [0.1, 0.15) is 0 Å². The number of carbonyl (C=O) groups is 2. The van der Waals surface area contributed by atoms with Crippen LogP contribution < -0.4 is 16.0 Å². The predicted molar refractivity (Wildman–Crippen MR) is 121 cm³/mol. The van der Waals surface area contributed by atoms with E-state index in [1.807, 2.05) is 54.6 Å². The monoisotopic (exact) mass is 428 g/mol. The molecule has 0 saturated carbocycles. The van der Waals surface area contributed by atoms with E-state index in [-0.39, 0.29) is 5.69 Å². The quantitative estimate of drug-likeness (QED) is 0.409. The van der Waals surface area contributed by atoms with Crippen LogP contribution in [0.4, 0.5) is 16.2 Å². The molecule has 0 radical (unpaired) electrons. The normalized spacial score (nSPS) is 15.5. The molecule has 3 N–H and O–H groups in total. The van der Waals surface area contributed by atoms with E-state index in [0.29, 0.717) is 17.0 Å². The number of nitro benzene ring substituents is 1. The highest BCUT2D eigenvalue weighted by Gasteiger charge is 2.31. The molecule has 3 aromatic rings. The number of carbonyl (C=O) groups excluding carboxylic acids is 2. The fraction of sp³-hybridized carbons (Fsp3) is 0.0833. The Bertz CT molecular complexity index is 1220. The van der Waals surface area contributed by atoms with E-state index >= 15 is 0 Å². The Labute approximate surface area is 184 Å². The number of rotatable bonds is 5. The number of nitrogens with zero attached hydrogens (tertiary/aromatic N) is 1. The van der Waals surface area contributed by atoms with Gasteiger partial charge in [-0.2, -0.15) is 0 Å². The molecule has 1 heterocycles. The van der Waals surface area contributed by atoms with Crippen LogP contribution in [0.1, 0.15) is 18.5 Å². The minimum atomic E-state index is -0.674. The van der Waals surface area contributed by atoms with E-state index in [1.165, 1.54) is 18.2 Å². The summed E-state index contributed by atoms with van der Waals surface area (Å²) < 4.78 is 0. The third kappa shape index (κ3) is 4.34. The molecule has 1 unspecified atom stereocenters. The van der Waals surface area contributed by atoms with Crippen molar-refractivity contribution in [2.24, 2.45) is 0 Å². The number of nitrogens with one attached hydrogen (secondary N) is 3. The van der Waals surface area contributed by atoms with E-state index in [1.54, 1.807) is 13.0 Å². The van der Waals surface area contributed by atoms with Crippen molar-refractivity contribution in [3.63, 3.8) is 0 Å².